The highest BCUT2D eigenvalue weighted by Crippen LogP contribution is 2.18. The summed E-state index contributed by atoms with van der Waals surface area (Å²) in [6.07, 6.45) is 55.6. The van der Waals surface area contributed by atoms with Crippen LogP contribution in [0, 0.1) is 0 Å². The number of rotatable bonds is 50. The molecule has 0 saturated heterocycles. The molecule has 0 heterocycles. The fourth-order valence-electron chi connectivity index (χ4n) is 8.66. The van der Waals surface area contributed by atoms with Gasteiger partial charge in [0, 0.05) is 6.42 Å². The van der Waals surface area contributed by atoms with E-state index in [1.807, 2.05) is 0 Å². The lowest BCUT2D eigenvalue weighted by atomic mass is 10.0. The topological polar surface area (TPSA) is 95.9 Å². The molecule has 0 aromatic heterocycles. The summed E-state index contributed by atoms with van der Waals surface area (Å²) < 4.78 is 5.94. The van der Waals surface area contributed by atoms with Crippen LogP contribution in [0.5, 0.6) is 0 Å². The second kappa shape index (κ2) is 49.6. The maximum absolute atomic E-state index is 13.2. The Morgan fingerprint density at radius 2 is 0.787 bits per heavy atom. The first kappa shape index (κ1) is 59.6. The molecule has 0 saturated carbocycles. The molecule has 0 spiro atoms. The number of unbranched alkanes of at least 4 members (excludes halogenated alkanes) is 36. The van der Waals surface area contributed by atoms with Gasteiger partial charge in [-0.15, -0.1) is 0 Å². The van der Waals surface area contributed by atoms with Crippen molar-refractivity contribution in [2.45, 2.75) is 322 Å². The van der Waals surface area contributed by atoms with Gasteiger partial charge in [-0.05, 0) is 51.4 Å². The van der Waals surface area contributed by atoms with Crippen LogP contribution in [0.1, 0.15) is 303 Å². The van der Waals surface area contributed by atoms with Crippen LogP contribution in [0.25, 0.3) is 0 Å². The smallest absolute Gasteiger partial charge is 0.306 e. The number of carbonyl (C=O) groups excluding carboxylic acids is 2. The van der Waals surface area contributed by atoms with Gasteiger partial charge in [0.1, 0.15) is 6.10 Å². The number of aliphatic hydroxyl groups is 2. The molecule has 3 N–H and O–H groups in total. The summed E-state index contributed by atoms with van der Waals surface area (Å²) in [6.45, 7) is 6.51. The third-order valence-electron chi connectivity index (χ3n) is 12.8. The molecule has 0 aromatic carbocycles. The predicted molar refractivity (Wildman–Crippen MR) is 264 cm³/mol. The minimum Gasteiger partial charge on any atom is -0.462 e. The molecule has 0 aliphatic heterocycles. The number of ether oxygens (including phenoxy) is 1. The predicted octanol–water partition coefficient (Wildman–Crippen LogP) is 16.5. The van der Waals surface area contributed by atoms with Gasteiger partial charge in [0.2, 0.25) is 5.91 Å². The van der Waals surface area contributed by atoms with Crippen molar-refractivity contribution >= 4 is 11.9 Å². The van der Waals surface area contributed by atoms with E-state index in [0.29, 0.717) is 19.3 Å². The average molecular weight is 862 g/mol. The van der Waals surface area contributed by atoms with Crippen LogP contribution in [0.2, 0.25) is 0 Å². The summed E-state index contributed by atoms with van der Waals surface area (Å²) in [6, 6.07) is -0.700. The van der Waals surface area contributed by atoms with Crippen molar-refractivity contribution in [1.82, 2.24) is 5.32 Å². The maximum Gasteiger partial charge on any atom is 0.306 e. The van der Waals surface area contributed by atoms with Crippen molar-refractivity contribution in [1.29, 1.82) is 0 Å². The van der Waals surface area contributed by atoms with Crippen molar-refractivity contribution in [3.8, 4) is 0 Å². The van der Waals surface area contributed by atoms with Crippen LogP contribution >= 0.6 is 0 Å². The van der Waals surface area contributed by atoms with E-state index in [1.54, 1.807) is 0 Å². The van der Waals surface area contributed by atoms with Gasteiger partial charge in [-0.1, -0.05) is 251 Å². The Morgan fingerprint density at radius 1 is 0.459 bits per heavy atom. The molecule has 61 heavy (non-hydrogen) atoms. The zero-order chi connectivity index (χ0) is 44.5. The van der Waals surface area contributed by atoms with Crippen LogP contribution in [-0.4, -0.2) is 46.9 Å². The Kier molecular flexibility index (Phi) is 48.5. The van der Waals surface area contributed by atoms with E-state index in [9.17, 15) is 19.8 Å². The van der Waals surface area contributed by atoms with E-state index in [4.69, 9.17) is 4.74 Å². The van der Waals surface area contributed by atoms with Gasteiger partial charge in [-0.25, -0.2) is 0 Å². The van der Waals surface area contributed by atoms with E-state index >= 15 is 0 Å². The Balaban J connectivity index is 4.51. The van der Waals surface area contributed by atoms with E-state index in [-0.39, 0.29) is 24.9 Å². The Hall–Kier alpha value is -1.40. The minimum atomic E-state index is -0.786. The summed E-state index contributed by atoms with van der Waals surface area (Å²) in [4.78, 5) is 26.2. The Labute approximate surface area is 380 Å². The molecular weight excluding hydrogens is 755 g/mol. The van der Waals surface area contributed by atoms with Crippen LogP contribution in [0.4, 0.5) is 0 Å². The average Bonchev–Trinajstić information content (AvgIpc) is 3.25. The Bertz CT molecular complexity index is 924. The fourth-order valence-corrected chi connectivity index (χ4v) is 8.66. The molecule has 0 aromatic rings. The second-order valence-corrected chi connectivity index (χ2v) is 19.0. The number of hydrogen-bond donors (Lipinski definition) is 3. The minimum absolute atomic E-state index is 0.0742. The number of aliphatic hydroxyl groups excluding tert-OH is 2. The quantitative estimate of drug-likeness (QED) is 0.0322. The SMILES string of the molecule is CCCCCCCCC/C=C/CCCCCC(CC(=O)NC(CO)C(O)CCCCCCCCCCCCCCCCCC)OC(=O)CCCCCCCCCCCCCC. The van der Waals surface area contributed by atoms with Gasteiger partial charge >= 0.3 is 5.97 Å². The molecule has 6 heteroatoms. The highest BCUT2D eigenvalue weighted by Gasteiger charge is 2.24. The number of amides is 1. The van der Waals surface area contributed by atoms with E-state index in [0.717, 1.165) is 57.8 Å². The first-order chi connectivity index (χ1) is 30.0. The number of allylic oxidation sites excluding steroid dienone is 2. The first-order valence-electron chi connectivity index (χ1n) is 27.4. The lowest BCUT2D eigenvalue weighted by Crippen LogP contribution is -2.46. The Morgan fingerprint density at radius 3 is 1.18 bits per heavy atom. The van der Waals surface area contributed by atoms with Crippen molar-refractivity contribution in [2.75, 3.05) is 6.61 Å². The molecule has 6 nitrogen and oxygen atoms in total. The molecule has 0 aliphatic carbocycles. The van der Waals surface area contributed by atoms with Gasteiger partial charge in [0.25, 0.3) is 0 Å². The maximum atomic E-state index is 13.2. The summed E-state index contributed by atoms with van der Waals surface area (Å²) in [5.41, 5.74) is 0. The third kappa shape index (κ3) is 45.0. The van der Waals surface area contributed by atoms with Crippen LogP contribution in [0.3, 0.4) is 0 Å². The summed E-state index contributed by atoms with van der Waals surface area (Å²) in [7, 11) is 0. The molecule has 0 bridgehead atoms. The molecule has 3 unspecified atom stereocenters. The number of esters is 1. The van der Waals surface area contributed by atoms with Gasteiger partial charge in [0.05, 0.1) is 25.2 Å². The molecule has 0 aliphatic rings. The molecule has 0 radical (unpaired) electrons. The van der Waals surface area contributed by atoms with Crippen molar-refractivity contribution in [3.63, 3.8) is 0 Å². The van der Waals surface area contributed by atoms with Crippen LogP contribution < -0.4 is 5.32 Å². The molecule has 0 rings (SSSR count). The number of nitrogens with one attached hydrogen (secondary N) is 1. The van der Waals surface area contributed by atoms with Crippen molar-refractivity contribution in [3.05, 3.63) is 12.2 Å². The third-order valence-corrected chi connectivity index (χ3v) is 12.8. The number of carbonyl (C=O) groups is 2. The van der Waals surface area contributed by atoms with Crippen molar-refractivity contribution in [2.24, 2.45) is 0 Å². The van der Waals surface area contributed by atoms with Gasteiger partial charge in [-0.2, -0.15) is 0 Å². The molecule has 362 valence electrons. The van der Waals surface area contributed by atoms with Crippen molar-refractivity contribution < 1.29 is 24.5 Å². The second-order valence-electron chi connectivity index (χ2n) is 19.0. The fraction of sp³-hybridized carbons (Fsp3) is 0.927. The van der Waals surface area contributed by atoms with E-state index in [1.165, 1.54) is 199 Å². The largest absolute Gasteiger partial charge is 0.462 e. The monoisotopic (exact) mass is 862 g/mol. The van der Waals surface area contributed by atoms with Gasteiger partial charge < -0.3 is 20.3 Å². The zero-order valence-electron chi connectivity index (χ0n) is 41.3. The normalized spacial score (nSPS) is 13.2. The molecule has 3 atom stereocenters. The first-order valence-corrected chi connectivity index (χ1v) is 27.4. The lowest BCUT2D eigenvalue weighted by Gasteiger charge is -2.24. The summed E-state index contributed by atoms with van der Waals surface area (Å²) in [5.74, 6) is -0.470. The van der Waals surface area contributed by atoms with E-state index < -0.39 is 18.2 Å². The van der Waals surface area contributed by atoms with E-state index in [2.05, 4.69) is 38.2 Å². The number of hydrogen-bond acceptors (Lipinski definition) is 5. The van der Waals surface area contributed by atoms with Crippen LogP contribution in [-0.2, 0) is 14.3 Å². The lowest BCUT2D eigenvalue weighted by molar-refractivity contribution is -0.151. The summed E-state index contributed by atoms with van der Waals surface area (Å²) in [5, 5.41) is 23.8. The highest BCUT2D eigenvalue weighted by atomic mass is 16.5. The highest BCUT2D eigenvalue weighted by molar-refractivity contribution is 5.77. The van der Waals surface area contributed by atoms with Gasteiger partial charge in [0.15, 0.2) is 0 Å². The van der Waals surface area contributed by atoms with Gasteiger partial charge in [-0.3, -0.25) is 9.59 Å². The van der Waals surface area contributed by atoms with Crippen LogP contribution in [0.15, 0.2) is 12.2 Å². The summed E-state index contributed by atoms with van der Waals surface area (Å²) >= 11 is 0. The molecule has 1 amide bonds. The molecular formula is C55H107NO5. The standard InChI is InChI=1S/C55H107NO5/c1-4-7-10-13-16-19-22-25-27-28-30-32-35-38-41-44-47-53(58)52(50-57)56-54(59)49-51(46-43-40-37-34-31-29-26-23-20-17-14-11-8-5-2)61-55(60)48-45-42-39-36-33-24-21-18-15-12-9-6-3/h29,31,51-53,57-58H,4-28,30,32-50H2,1-3H3,(H,56,59)/b31-29+. The zero-order valence-corrected chi connectivity index (χ0v) is 41.3. The molecule has 0 fully saturated rings.